The number of hydrogen-bond donors (Lipinski definition) is 1. The minimum Gasteiger partial charge on any atom is -0.491 e. The Morgan fingerprint density at radius 2 is 2.06 bits per heavy atom. The van der Waals surface area contributed by atoms with Crippen LogP contribution in [0.15, 0.2) is 30.6 Å². The van der Waals surface area contributed by atoms with Gasteiger partial charge in [-0.25, -0.2) is 15.0 Å². The summed E-state index contributed by atoms with van der Waals surface area (Å²) in [4.78, 5) is 12.0. The van der Waals surface area contributed by atoms with Crippen molar-refractivity contribution in [2.24, 2.45) is 0 Å². The maximum absolute atomic E-state index is 5.70. The van der Waals surface area contributed by atoms with Gasteiger partial charge in [0.25, 0.3) is 5.88 Å². The Balaban J connectivity index is 2.18. The zero-order valence-corrected chi connectivity index (χ0v) is 10.2. The molecule has 2 N–H and O–H groups in total. The van der Waals surface area contributed by atoms with Gasteiger partial charge in [0.1, 0.15) is 6.10 Å². The number of aromatic nitrogens is 3. The number of pyridine rings is 1. The van der Waals surface area contributed by atoms with Gasteiger partial charge in [-0.2, -0.15) is 0 Å². The third-order valence-corrected chi connectivity index (χ3v) is 2.36. The van der Waals surface area contributed by atoms with Crippen LogP contribution in [0.4, 0.5) is 5.95 Å². The van der Waals surface area contributed by atoms with E-state index in [0.29, 0.717) is 17.3 Å². The molecular weight excluding hydrogens is 232 g/mol. The van der Waals surface area contributed by atoms with Crippen molar-refractivity contribution in [3.8, 4) is 11.6 Å². The summed E-state index contributed by atoms with van der Waals surface area (Å²) >= 11 is 0. The second-order valence-corrected chi connectivity index (χ2v) is 3.61. The first-order valence-electron chi connectivity index (χ1n) is 5.45. The van der Waals surface area contributed by atoms with Gasteiger partial charge in [-0.3, -0.25) is 0 Å². The molecule has 2 heterocycles. The van der Waals surface area contributed by atoms with Crippen molar-refractivity contribution in [3.05, 3.63) is 36.3 Å². The predicted octanol–water partition coefficient (Wildman–Crippen LogP) is 1.60. The van der Waals surface area contributed by atoms with Gasteiger partial charge in [0.05, 0.1) is 12.8 Å². The Labute approximate surface area is 105 Å². The third-order valence-electron chi connectivity index (χ3n) is 2.36. The van der Waals surface area contributed by atoms with Crippen LogP contribution >= 0.6 is 0 Å². The predicted molar refractivity (Wildman–Crippen MR) is 66.3 cm³/mol. The van der Waals surface area contributed by atoms with Gasteiger partial charge in [-0.05, 0) is 25.1 Å². The second-order valence-electron chi connectivity index (χ2n) is 3.61. The highest BCUT2D eigenvalue weighted by Gasteiger charge is 2.13. The number of nitrogens with two attached hydrogens (primary N) is 1. The van der Waals surface area contributed by atoms with Gasteiger partial charge >= 0.3 is 0 Å². The number of nitrogens with zero attached hydrogens (tertiary/aromatic N) is 3. The van der Waals surface area contributed by atoms with Crippen molar-refractivity contribution < 1.29 is 9.47 Å². The van der Waals surface area contributed by atoms with Gasteiger partial charge in [0.2, 0.25) is 5.95 Å². The lowest BCUT2D eigenvalue weighted by Gasteiger charge is -2.15. The minimum absolute atomic E-state index is 0.218. The van der Waals surface area contributed by atoms with Crippen LogP contribution in [0.2, 0.25) is 0 Å². The summed E-state index contributed by atoms with van der Waals surface area (Å²) in [5, 5.41) is 0. The highest BCUT2D eigenvalue weighted by Crippen LogP contribution is 2.27. The fraction of sp³-hybridized carbons (Fsp3) is 0.250. The Morgan fingerprint density at radius 3 is 2.78 bits per heavy atom. The average Bonchev–Trinajstić information content (AvgIpc) is 2.39. The summed E-state index contributed by atoms with van der Waals surface area (Å²) in [5.41, 5.74) is 6.22. The first-order valence-corrected chi connectivity index (χ1v) is 5.45. The molecule has 6 nitrogen and oxygen atoms in total. The fourth-order valence-corrected chi connectivity index (χ4v) is 1.46. The van der Waals surface area contributed by atoms with Gasteiger partial charge in [0.15, 0.2) is 5.75 Å². The van der Waals surface area contributed by atoms with E-state index in [1.807, 2.05) is 6.92 Å². The number of nitrogen functional groups attached to an aromatic ring is 1. The first kappa shape index (κ1) is 12.1. The van der Waals surface area contributed by atoms with Crippen molar-refractivity contribution in [1.82, 2.24) is 15.0 Å². The number of rotatable bonds is 4. The molecule has 0 aromatic carbocycles. The van der Waals surface area contributed by atoms with Crippen LogP contribution in [0.25, 0.3) is 0 Å². The molecule has 0 aliphatic heterocycles. The largest absolute Gasteiger partial charge is 0.491 e. The molecule has 1 unspecified atom stereocenters. The Kier molecular flexibility index (Phi) is 3.57. The highest BCUT2D eigenvalue weighted by molar-refractivity contribution is 5.33. The number of anilines is 1. The van der Waals surface area contributed by atoms with Crippen LogP contribution < -0.4 is 15.2 Å². The zero-order chi connectivity index (χ0) is 13.0. The summed E-state index contributed by atoms with van der Waals surface area (Å²) in [6, 6.07) is 5.30. The van der Waals surface area contributed by atoms with Crippen molar-refractivity contribution in [3.63, 3.8) is 0 Å². The fourth-order valence-electron chi connectivity index (χ4n) is 1.46. The Bertz CT molecular complexity index is 533. The van der Waals surface area contributed by atoms with E-state index in [4.69, 9.17) is 15.2 Å². The van der Waals surface area contributed by atoms with Crippen LogP contribution in [0.1, 0.15) is 18.7 Å². The van der Waals surface area contributed by atoms with Crippen LogP contribution in [-0.2, 0) is 0 Å². The molecule has 0 saturated carbocycles. The molecule has 0 aliphatic carbocycles. The van der Waals surface area contributed by atoms with Gasteiger partial charge in [0, 0.05) is 12.4 Å². The smallest absolute Gasteiger partial charge is 0.257 e. The molecule has 0 saturated heterocycles. The lowest BCUT2D eigenvalue weighted by atomic mass is 10.3. The molecule has 0 aliphatic rings. The molecule has 0 radical (unpaired) electrons. The maximum atomic E-state index is 5.70. The van der Waals surface area contributed by atoms with Gasteiger partial charge in [-0.1, -0.05) is 0 Å². The molecule has 0 bridgehead atoms. The summed E-state index contributed by atoms with van der Waals surface area (Å²) < 4.78 is 10.9. The second kappa shape index (κ2) is 5.31. The zero-order valence-electron chi connectivity index (χ0n) is 10.2. The molecule has 0 amide bonds. The van der Waals surface area contributed by atoms with Crippen molar-refractivity contribution in [2.45, 2.75) is 13.0 Å². The lowest BCUT2D eigenvalue weighted by Crippen LogP contribution is -2.09. The molecule has 2 rings (SSSR count). The summed E-state index contributed by atoms with van der Waals surface area (Å²) in [6.45, 7) is 1.86. The maximum Gasteiger partial charge on any atom is 0.257 e. The topological polar surface area (TPSA) is 83.2 Å². The molecule has 18 heavy (non-hydrogen) atoms. The van der Waals surface area contributed by atoms with E-state index in [0.717, 1.165) is 0 Å². The molecule has 2 aromatic rings. The van der Waals surface area contributed by atoms with E-state index in [1.54, 1.807) is 37.7 Å². The molecule has 94 valence electrons. The normalized spacial score (nSPS) is 11.9. The first-order chi connectivity index (χ1) is 8.70. The molecule has 0 spiro atoms. The highest BCUT2D eigenvalue weighted by atomic mass is 16.5. The van der Waals surface area contributed by atoms with Crippen LogP contribution in [0, 0.1) is 0 Å². The molecule has 6 heteroatoms. The van der Waals surface area contributed by atoms with Crippen molar-refractivity contribution in [2.75, 3.05) is 12.8 Å². The van der Waals surface area contributed by atoms with Crippen LogP contribution in [-0.4, -0.2) is 22.1 Å². The number of ether oxygens (including phenoxy) is 2. The number of hydrogen-bond acceptors (Lipinski definition) is 6. The quantitative estimate of drug-likeness (QED) is 0.882. The summed E-state index contributed by atoms with van der Waals surface area (Å²) in [5.74, 6) is 1.21. The molecule has 0 fully saturated rings. The molecule has 2 aromatic heterocycles. The van der Waals surface area contributed by atoms with E-state index in [-0.39, 0.29) is 12.1 Å². The van der Waals surface area contributed by atoms with E-state index < -0.39 is 0 Å². The van der Waals surface area contributed by atoms with Crippen molar-refractivity contribution >= 4 is 5.95 Å². The molecular formula is C12H14N4O2. The summed E-state index contributed by atoms with van der Waals surface area (Å²) in [6.07, 6.45) is 2.94. The van der Waals surface area contributed by atoms with Crippen LogP contribution in [0.5, 0.6) is 11.6 Å². The van der Waals surface area contributed by atoms with Gasteiger partial charge in [-0.15, -0.1) is 0 Å². The van der Waals surface area contributed by atoms with Crippen molar-refractivity contribution in [1.29, 1.82) is 0 Å². The van der Waals surface area contributed by atoms with Crippen LogP contribution in [0.3, 0.4) is 0 Å². The summed E-state index contributed by atoms with van der Waals surface area (Å²) in [7, 11) is 1.57. The third kappa shape index (κ3) is 2.65. The minimum atomic E-state index is -0.293. The number of methoxy groups -OCH3 is 1. The van der Waals surface area contributed by atoms with E-state index in [1.165, 1.54) is 0 Å². The lowest BCUT2D eigenvalue weighted by molar-refractivity contribution is 0.202. The van der Waals surface area contributed by atoms with E-state index >= 15 is 0 Å². The van der Waals surface area contributed by atoms with E-state index in [2.05, 4.69) is 15.0 Å². The average molecular weight is 246 g/mol. The standard InChI is InChI=1S/C12H14N4O2/c1-8(9-5-7-15-12(13)16-9)18-11-10(17-2)4-3-6-14-11/h3-8H,1-2H3,(H2,13,15,16). The molecule has 1 atom stereocenters. The van der Waals surface area contributed by atoms with Gasteiger partial charge < -0.3 is 15.2 Å². The van der Waals surface area contributed by atoms with E-state index in [9.17, 15) is 0 Å². The Hall–Kier alpha value is -2.37. The monoisotopic (exact) mass is 246 g/mol. The SMILES string of the molecule is COc1cccnc1OC(C)c1ccnc(N)n1. The Morgan fingerprint density at radius 1 is 1.22 bits per heavy atom.